The van der Waals surface area contributed by atoms with E-state index in [0.717, 1.165) is 6.42 Å². The van der Waals surface area contributed by atoms with Gasteiger partial charge in [-0.3, -0.25) is 0 Å². The lowest BCUT2D eigenvalue weighted by atomic mass is 9.70. The molecule has 0 saturated heterocycles. The van der Waals surface area contributed by atoms with E-state index in [4.69, 9.17) is 0 Å². The van der Waals surface area contributed by atoms with E-state index in [1.165, 1.54) is 24.8 Å². The third kappa shape index (κ3) is 4.32. The molecule has 2 heteroatoms. The summed E-state index contributed by atoms with van der Waals surface area (Å²) >= 11 is 0. The molecule has 2 unspecified atom stereocenters. The van der Waals surface area contributed by atoms with Crippen LogP contribution in [0.4, 0.5) is 0 Å². The largest absolute Gasteiger partial charge is 0.395 e. The van der Waals surface area contributed by atoms with E-state index in [-0.39, 0.29) is 12.6 Å². The first-order chi connectivity index (χ1) is 9.50. The first kappa shape index (κ1) is 15.5. The molecule has 1 aliphatic rings. The Morgan fingerprint density at radius 3 is 2.60 bits per heavy atom. The Morgan fingerprint density at radius 2 is 2.00 bits per heavy atom. The van der Waals surface area contributed by atoms with Crippen molar-refractivity contribution >= 4 is 0 Å². The van der Waals surface area contributed by atoms with Gasteiger partial charge in [-0.25, -0.2) is 0 Å². The van der Waals surface area contributed by atoms with Crippen LogP contribution in [-0.2, 0) is 6.42 Å². The van der Waals surface area contributed by atoms with Gasteiger partial charge in [0.05, 0.1) is 6.61 Å². The fraction of sp³-hybridized carbons (Fsp3) is 0.667. The molecule has 2 rings (SSSR count). The van der Waals surface area contributed by atoms with Gasteiger partial charge in [0.15, 0.2) is 0 Å². The molecule has 0 bridgehead atoms. The lowest BCUT2D eigenvalue weighted by Gasteiger charge is -2.41. The van der Waals surface area contributed by atoms with Gasteiger partial charge in [0.2, 0.25) is 0 Å². The average Bonchev–Trinajstić information content (AvgIpc) is 2.41. The number of benzene rings is 1. The third-order valence-corrected chi connectivity index (χ3v) is 4.69. The Labute approximate surface area is 123 Å². The Kier molecular flexibility index (Phi) is 5.22. The first-order valence-corrected chi connectivity index (χ1v) is 7.91. The highest BCUT2D eigenvalue weighted by molar-refractivity contribution is 5.16. The van der Waals surface area contributed by atoms with Gasteiger partial charge in [0.25, 0.3) is 0 Å². The maximum absolute atomic E-state index is 9.64. The maximum Gasteiger partial charge on any atom is 0.0587 e. The van der Waals surface area contributed by atoms with E-state index in [1.54, 1.807) is 0 Å². The van der Waals surface area contributed by atoms with Gasteiger partial charge in [-0.05, 0) is 42.6 Å². The van der Waals surface area contributed by atoms with E-state index in [2.05, 4.69) is 50.4 Å². The minimum Gasteiger partial charge on any atom is -0.395 e. The Hall–Kier alpha value is -0.860. The van der Waals surface area contributed by atoms with Crippen LogP contribution in [0.2, 0.25) is 0 Å². The molecule has 0 heterocycles. The van der Waals surface area contributed by atoms with E-state index in [0.29, 0.717) is 17.4 Å². The van der Waals surface area contributed by atoms with Crippen molar-refractivity contribution in [2.75, 3.05) is 6.61 Å². The zero-order valence-electron chi connectivity index (χ0n) is 13.1. The van der Waals surface area contributed by atoms with Gasteiger partial charge in [-0.1, -0.05) is 51.1 Å². The molecule has 0 spiro atoms. The molecular weight excluding hydrogens is 246 g/mol. The van der Waals surface area contributed by atoms with Crippen LogP contribution in [0, 0.1) is 11.3 Å². The van der Waals surface area contributed by atoms with Crippen molar-refractivity contribution in [2.24, 2.45) is 11.3 Å². The van der Waals surface area contributed by atoms with Crippen LogP contribution < -0.4 is 5.32 Å². The summed E-state index contributed by atoms with van der Waals surface area (Å²) in [7, 11) is 0. The molecule has 1 fully saturated rings. The third-order valence-electron chi connectivity index (χ3n) is 4.69. The van der Waals surface area contributed by atoms with Crippen LogP contribution in [-0.4, -0.2) is 23.8 Å². The molecule has 1 aliphatic carbocycles. The highest BCUT2D eigenvalue weighted by Crippen LogP contribution is 2.38. The minimum atomic E-state index is 0.172. The zero-order valence-corrected chi connectivity index (χ0v) is 13.1. The fourth-order valence-electron chi connectivity index (χ4n) is 3.57. The van der Waals surface area contributed by atoms with Crippen LogP contribution in [0.15, 0.2) is 30.3 Å². The van der Waals surface area contributed by atoms with Crippen LogP contribution in [0.3, 0.4) is 0 Å². The Balaban J connectivity index is 1.90. The van der Waals surface area contributed by atoms with Gasteiger partial charge in [-0.2, -0.15) is 0 Å². The van der Waals surface area contributed by atoms with Gasteiger partial charge >= 0.3 is 0 Å². The van der Waals surface area contributed by atoms with Crippen LogP contribution in [0.5, 0.6) is 0 Å². The lowest BCUT2D eigenvalue weighted by molar-refractivity contribution is 0.128. The molecule has 3 atom stereocenters. The molecule has 0 aliphatic heterocycles. The summed E-state index contributed by atoms with van der Waals surface area (Å²) in [4.78, 5) is 0. The van der Waals surface area contributed by atoms with Crippen molar-refractivity contribution in [2.45, 2.75) is 58.5 Å². The molecule has 0 amide bonds. The Morgan fingerprint density at radius 1 is 1.30 bits per heavy atom. The highest BCUT2D eigenvalue weighted by Gasteiger charge is 2.33. The second-order valence-electron chi connectivity index (χ2n) is 7.23. The molecule has 2 N–H and O–H groups in total. The van der Waals surface area contributed by atoms with E-state index >= 15 is 0 Å². The summed E-state index contributed by atoms with van der Waals surface area (Å²) in [5.41, 5.74) is 1.77. The predicted octanol–water partition coefficient (Wildman–Crippen LogP) is 3.39. The van der Waals surface area contributed by atoms with Crippen molar-refractivity contribution < 1.29 is 5.11 Å². The topological polar surface area (TPSA) is 32.3 Å². The molecule has 1 aromatic rings. The predicted molar refractivity (Wildman–Crippen MR) is 84.7 cm³/mol. The van der Waals surface area contributed by atoms with Crippen LogP contribution in [0.25, 0.3) is 0 Å². The standard InChI is InChI=1S/C18H29NO/c1-14-12-18(2,3)10-9-17(14)19-16(13-20)11-15-7-5-4-6-8-15/h4-8,14,16-17,19-20H,9-13H2,1-3H3/t14?,16-,17?/m0/s1. The van der Waals surface area contributed by atoms with E-state index < -0.39 is 0 Å². The van der Waals surface area contributed by atoms with E-state index in [9.17, 15) is 5.11 Å². The number of aliphatic hydroxyl groups is 1. The summed E-state index contributed by atoms with van der Waals surface area (Å²) in [5.74, 6) is 0.684. The highest BCUT2D eigenvalue weighted by atomic mass is 16.3. The molecule has 112 valence electrons. The van der Waals surface area contributed by atoms with Crippen LogP contribution in [0.1, 0.15) is 45.6 Å². The molecule has 2 nitrogen and oxygen atoms in total. The fourth-order valence-corrected chi connectivity index (χ4v) is 3.57. The molecule has 0 radical (unpaired) electrons. The normalized spacial score (nSPS) is 27.2. The van der Waals surface area contributed by atoms with Crippen LogP contribution >= 0.6 is 0 Å². The van der Waals surface area contributed by atoms with Crippen molar-refractivity contribution in [1.29, 1.82) is 0 Å². The molecule has 1 saturated carbocycles. The second kappa shape index (κ2) is 6.73. The zero-order chi connectivity index (χ0) is 14.6. The van der Waals surface area contributed by atoms with Crippen molar-refractivity contribution in [1.82, 2.24) is 5.32 Å². The summed E-state index contributed by atoms with van der Waals surface area (Å²) in [6, 6.07) is 11.2. The monoisotopic (exact) mass is 275 g/mol. The van der Waals surface area contributed by atoms with Gasteiger partial charge in [-0.15, -0.1) is 0 Å². The van der Waals surface area contributed by atoms with Crippen molar-refractivity contribution in [3.63, 3.8) is 0 Å². The molecule has 0 aromatic heterocycles. The van der Waals surface area contributed by atoms with E-state index in [1.807, 2.05) is 6.07 Å². The molecular formula is C18H29NO. The number of hydrogen-bond donors (Lipinski definition) is 2. The van der Waals surface area contributed by atoms with Crippen molar-refractivity contribution in [3.05, 3.63) is 35.9 Å². The lowest BCUT2D eigenvalue weighted by Crippen LogP contribution is -2.48. The summed E-state index contributed by atoms with van der Waals surface area (Å²) in [5, 5.41) is 13.3. The number of rotatable bonds is 5. The van der Waals surface area contributed by atoms with Gasteiger partial charge < -0.3 is 10.4 Å². The number of hydrogen-bond acceptors (Lipinski definition) is 2. The minimum absolute atomic E-state index is 0.172. The summed E-state index contributed by atoms with van der Waals surface area (Å²) in [6.07, 6.45) is 4.68. The molecule has 1 aromatic carbocycles. The van der Waals surface area contributed by atoms with Gasteiger partial charge in [0, 0.05) is 12.1 Å². The summed E-state index contributed by atoms with van der Waals surface area (Å²) < 4.78 is 0. The number of aliphatic hydroxyl groups excluding tert-OH is 1. The van der Waals surface area contributed by atoms with Gasteiger partial charge in [0.1, 0.15) is 0 Å². The number of nitrogens with one attached hydrogen (secondary N) is 1. The quantitative estimate of drug-likeness (QED) is 0.863. The second-order valence-corrected chi connectivity index (χ2v) is 7.23. The smallest absolute Gasteiger partial charge is 0.0587 e. The molecule has 20 heavy (non-hydrogen) atoms. The SMILES string of the molecule is CC1CC(C)(C)CCC1N[C@H](CO)Cc1ccccc1. The van der Waals surface area contributed by atoms with Crippen molar-refractivity contribution in [3.8, 4) is 0 Å². The summed E-state index contributed by atoms with van der Waals surface area (Å²) in [6.45, 7) is 7.29. The first-order valence-electron chi connectivity index (χ1n) is 7.91. The Bertz CT molecular complexity index is 401. The average molecular weight is 275 g/mol. The maximum atomic E-state index is 9.64.